The summed E-state index contributed by atoms with van der Waals surface area (Å²) in [5.41, 5.74) is 7.34. The molecular weight excluding hydrogens is 312 g/mol. The summed E-state index contributed by atoms with van der Waals surface area (Å²) in [4.78, 5) is 0.281. The summed E-state index contributed by atoms with van der Waals surface area (Å²) >= 11 is 0. The van der Waals surface area contributed by atoms with Crippen LogP contribution in [0.1, 0.15) is 17.5 Å². The van der Waals surface area contributed by atoms with Crippen LogP contribution in [-0.4, -0.2) is 39.5 Å². The minimum absolute atomic E-state index is 0. The summed E-state index contributed by atoms with van der Waals surface area (Å²) in [6, 6.07) is 3.63. The molecule has 0 spiro atoms. The van der Waals surface area contributed by atoms with Gasteiger partial charge in [0.1, 0.15) is 10.6 Å². The van der Waals surface area contributed by atoms with Gasteiger partial charge in [-0.05, 0) is 49.9 Å². The smallest absolute Gasteiger partial charge is 0.247 e. The molecule has 1 aliphatic rings. The predicted octanol–water partition coefficient (Wildman–Crippen LogP) is 1.70. The van der Waals surface area contributed by atoms with Crippen LogP contribution >= 0.6 is 12.4 Å². The maximum atomic E-state index is 12.8. The second kappa shape index (κ2) is 6.96. The van der Waals surface area contributed by atoms with Gasteiger partial charge in [0.05, 0.1) is 7.11 Å². The van der Waals surface area contributed by atoms with Crippen molar-refractivity contribution >= 4 is 22.4 Å². The number of ether oxygens (including phenoxy) is 1. The molecular formula is C14H23ClN2O3S. The van der Waals surface area contributed by atoms with Crippen molar-refractivity contribution in [3.63, 3.8) is 0 Å². The van der Waals surface area contributed by atoms with E-state index in [0.717, 1.165) is 17.5 Å². The Morgan fingerprint density at radius 1 is 1.38 bits per heavy atom. The van der Waals surface area contributed by atoms with Crippen LogP contribution in [0.4, 0.5) is 0 Å². The molecule has 1 atom stereocenters. The van der Waals surface area contributed by atoms with E-state index >= 15 is 0 Å². The van der Waals surface area contributed by atoms with Gasteiger partial charge in [-0.15, -0.1) is 12.4 Å². The molecule has 2 rings (SSSR count). The molecule has 1 unspecified atom stereocenters. The van der Waals surface area contributed by atoms with Crippen molar-refractivity contribution in [3.05, 3.63) is 23.3 Å². The second-order valence-electron chi connectivity index (χ2n) is 5.37. The molecule has 0 radical (unpaired) electrons. The Bertz CT molecular complexity index is 604. The van der Waals surface area contributed by atoms with Gasteiger partial charge in [0.2, 0.25) is 10.0 Å². The molecule has 0 bridgehead atoms. The van der Waals surface area contributed by atoms with Crippen LogP contribution < -0.4 is 10.5 Å². The molecule has 0 aromatic heterocycles. The van der Waals surface area contributed by atoms with E-state index < -0.39 is 10.0 Å². The molecule has 1 heterocycles. The Morgan fingerprint density at radius 3 is 2.57 bits per heavy atom. The number of benzene rings is 1. The van der Waals surface area contributed by atoms with Crippen LogP contribution in [0.5, 0.6) is 5.75 Å². The summed E-state index contributed by atoms with van der Waals surface area (Å²) in [7, 11) is -2.02. The maximum Gasteiger partial charge on any atom is 0.247 e. The van der Waals surface area contributed by atoms with E-state index in [1.54, 1.807) is 13.0 Å². The van der Waals surface area contributed by atoms with Crippen molar-refractivity contribution in [2.45, 2.75) is 25.2 Å². The number of hydrogen-bond donors (Lipinski definition) is 1. The average Bonchev–Trinajstić information content (AvgIpc) is 2.86. The number of methoxy groups -OCH3 is 1. The fraction of sp³-hybridized carbons (Fsp3) is 0.571. The predicted molar refractivity (Wildman–Crippen MR) is 85.6 cm³/mol. The first-order chi connectivity index (χ1) is 9.40. The minimum Gasteiger partial charge on any atom is -0.495 e. The first kappa shape index (κ1) is 18.2. The zero-order valence-corrected chi connectivity index (χ0v) is 14.3. The fourth-order valence-corrected chi connectivity index (χ4v) is 4.61. The van der Waals surface area contributed by atoms with Gasteiger partial charge in [-0.3, -0.25) is 0 Å². The zero-order valence-electron chi connectivity index (χ0n) is 12.6. The Balaban J connectivity index is 0.00000220. The van der Waals surface area contributed by atoms with Gasteiger partial charge in [-0.25, -0.2) is 8.42 Å². The van der Waals surface area contributed by atoms with Crippen LogP contribution in [0, 0.1) is 19.8 Å². The number of nitrogens with zero attached hydrogens (tertiary/aromatic N) is 1. The van der Waals surface area contributed by atoms with E-state index in [2.05, 4.69) is 0 Å². The second-order valence-corrected chi connectivity index (χ2v) is 7.24. The lowest BCUT2D eigenvalue weighted by Gasteiger charge is -2.20. The topological polar surface area (TPSA) is 72.6 Å². The molecule has 1 aromatic rings. The molecule has 1 saturated heterocycles. The maximum absolute atomic E-state index is 12.8. The van der Waals surface area contributed by atoms with Gasteiger partial charge >= 0.3 is 0 Å². The average molecular weight is 335 g/mol. The van der Waals surface area contributed by atoms with E-state index in [4.69, 9.17) is 10.5 Å². The van der Waals surface area contributed by atoms with Gasteiger partial charge in [0.15, 0.2) is 0 Å². The normalized spacial score (nSPS) is 19.3. The molecule has 2 N–H and O–H groups in total. The quantitative estimate of drug-likeness (QED) is 0.909. The molecule has 5 nitrogen and oxygen atoms in total. The number of hydrogen-bond acceptors (Lipinski definition) is 4. The van der Waals surface area contributed by atoms with Crippen molar-refractivity contribution in [3.8, 4) is 5.75 Å². The third-order valence-corrected chi connectivity index (χ3v) is 5.84. The van der Waals surface area contributed by atoms with Gasteiger partial charge in [0, 0.05) is 13.1 Å². The minimum atomic E-state index is -3.52. The highest BCUT2D eigenvalue weighted by Gasteiger charge is 2.34. The molecule has 1 aliphatic heterocycles. The summed E-state index contributed by atoms with van der Waals surface area (Å²) in [6.07, 6.45) is 0.822. The Kier molecular flexibility index (Phi) is 6.04. The van der Waals surface area contributed by atoms with Gasteiger partial charge in [-0.2, -0.15) is 4.31 Å². The number of halogens is 1. The third-order valence-electron chi connectivity index (χ3n) is 3.78. The van der Waals surface area contributed by atoms with Gasteiger partial charge in [0.25, 0.3) is 0 Å². The molecule has 1 fully saturated rings. The van der Waals surface area contributed by atoms with E-state index in [1.165, 1.54) is 11.4 Å². The van der Waals surface area contributed by atoms with Gasteiger partial charge in [-0.1, -0.05) is 6.07 Å². The van der Waals surface area contributed by atoms with Gasteiger partial charge < -0.3 is 10.5 Å². The third kappa shape index (κ3) is 3.51. The SMILES string of the molecule is COc1cc(C)cc(C)c1S(=O)(=O)N1CCC(CN)C1.Cl. The van der Waals surface area contributed by atoms with Crippen molar-refractivity contribution in [1.29, 1.82) is 0 Å². The molecule has 0 saturated carbocycles. The fourth-order valence-electron chi connectivity index (χ4n) is 2.73. The molecule has 7 heteroatoms. The number of aryl methyl sites for hydroxylation is 2. The zero-order chi connectivity index (χ0) is 14.9. The Morgan fingerprint density at radius 2 is 2.05 bits per heavy atom. The molecule has 1 aromatic carbocycles. The Hall–Kier alpha value is -0.820. The largest absolute Gasteiger partial charge is 0.495 e. The lowest BCUT2D eigenvalue weighted by atomic mass is 10.1. The number of sulfonamides is 1. The van der Waals surface area contributed by atoms with Crippen LogP contribution in [0.25, 0.3) is 0 Å². The highest BCUT2D eigenvalue weighted by Crippen LogP contribution is 2.33. The van der Waals surface area contributed by atoms with Crippen LogP contribution in [-0.2, 0) is 10.0 Å². The summed E-state index contributed by atoms with van der Waals surface area (Å²) < 4.78 is 32.4. The monoisotopic (exact) mass is 334 g/mol. The lowest BCUT2D eigenvalue weighted by molar-refractivity contribution is 0.396. The summed E-state index contributed by atoms with van der Waals surface area (Å²) in [5, 5.41) is 0. The van der Waals surface area contributed by atoms with E-state index in [9.17, 15) is 8.42 Å². The molecule has 21 heavy (non-hydrogen) atoms. The van der Waals surface area contributed by atoms with Crippen LogP contribution in [0.15, 0.2) is 17.0 Å². The Labute approximate surface area is 132 Å². The van der Waals surface area contributed by atoms with Crippen LogP contribution in [0.2, 0.25) is 0 Å². The highest BCUT2D eigenvalue weighted by molar-refractivity contribution is 7.89. The van der Waals surface area contributed by atoms with E-state index in [-0.39, 0.29) is 23.2 Å². The highest BCUT2D eigenvalue weighted by atomic mass is 35.5. The molecule has 0 amide bonds. The first-order valence-electron chi connectivity index (χ1n) is 6.75. The van der Waals surface area contributed by atoms with E-state index in [1.807, 2.05) is 13.0 Å². The lowest BCUT2D eigenvalue weighted by Crippen LogP contribution is -2.30. The van der Waals surface area contributed by atoms with Crippen molar-refractivity contribution in [1.82, 2.24) is 4.31 Å². The van der Waals surface area contributed by atoms with Crippen molar-refractivity contribution < 1.29 is 13.2 Å². The van der Waals surface area contributed by atoms with Crippen LogP contribution in [0.3, 0.4) is 0 Å². The van der Waals surface area contributed by atoms with E-state index in [0.29, 0.717) is 25.4 Å². The number of nitrogens with two attached hydrogens (primary N) is 1. The summed E-state index contributed by atoms with van der Waals surface area (Å²) in [5.74, 6) is 0.667. The standard InChI is InChI=1S/C14H22N2O3S.ClH/c1-10-6-11(2)14(13(7-10)19-3)20(17,18)16-5-4-12(8-15)9-16;/h6-7,12H,4-5,8-9,15H2,1-3H3;1H. The van der Waals surface area contributed by atoms with Crippen molar-refractivity contribution in [2.24, 2.45) is 11.7 Å². The molecule has 120 valence electrons. The molecule has 0 aliphatic carbocycles. The van der Waals surface area contributed by atoms with Crippen molar-refractivity contribution in [2.75, 3.05) is 26.7 Å². The first-order valence-corrected chi connectivity index (χ1v) is 8.19. The summed E-state index contributed by atoms with van der Waals surface area (Å²) in [6.45, 7) is 5.27. The number of rotatable bonds is 4.